The van der Waals surface area contributed by atoms with Gasteiger partial charge in [0.05, 0.1) is 13.2 Å². The maximum absolute atomic E-state index is 12.5. The van der Waals surface area contributed by atoms with Gasteiger partial charge in [-0.25, -0.2) is 9.64 Å². The Morgan fingerprint density at radius 3 is 2.50 bits per heavy atom. The first kappa shape index (κ1) is 17.4. The van der Waals surface area contributed by atoms with Crippen LogP contribution in [0, 0.1) is 6.57 Å². The third-order valence-electron chi connectivity index (χ3n) is 4.18. The van der Waals surface area contributed by atoms with Gasteiger partial charge in [-0.05, 0) is 24.1 Å². The first-order chi connectivity index (χ1) is 12.6. The summed E-state index contributed by atoms with van der Waals surface area (Å²) in [5, 5.41) is 13.9. The third kappa shape index (κ3) is 2.84. The first-order valence-corrected chi connectivity index (χ1v) is 8.22. The normalized spacial score (nSPS) is 10.5. The van der Waals surface area contributed by atoms with E-state index in [2.05, 4.69) is 25.5 Å². The highest BCUT2D eigenvalue weighted by Crippen LogP contribution is 2.40. The van der Waals surface area contributed by atoms with Gasteiger partial charge in [-0.2, -0.15) is 5.21 Å². The van der Waals surface area contributed by atoms with Crippen LogP contribution in [0.25, 0.3) is 27.4 Å². The molecule has 8 heteroatoms. The molecule has 0 aliphatic heterocycles. The minimum atomic E-state index is -0.433. The first-order valence-electron chi connectivity index (χ1n) is 8.22. The summed E-state index contributed by atoms with van der Waals surface area (Å²) >= 11 is 0. The van der Waals surface area contributed by atoms with E-state index >= 15 is 0 Å². The van der Waals surface area contributed by atoms with E-state index in [1.54, 1.807) is 18.5 Å². The van der Waals surface area contributed by atoms with E-state index in [-0.39, 0.29) is 6.61 Å². The highest BCUT2D eigenvalue weighted by molar-refractivity contribution is 6.01. The van der Waals surface area contributed by atoms with Crippen molar-refractivity contribution in [2.75, 3.05) is 6.61 Å². The summed E-state index contributed by atoms with van der Waals surface area (Å²) in [6.07, 6.45) is 0.640. The average molecular weight is 350 g/mol. The van der Waals surface area contributed by atoms with Gasteiger partial charge in [0.15, 0.2) is 0 Å². The summed E-state index contributed by atoms with van der Waals surface area (Å²) in [6, 6.07) is 7.36. The second-order valence-electron chi connectivity index (χ2n) is 5.58. The zero-order valence-corrected chi connectivity index (χ0v) is 14.8. The monoisotopic (exact) mass is 350 g/mol. The van der Waals surface area contributed by atoms with Crippen molar-refractivity contribution in [2.24, 2.45) is 7.05 Å². The van der Waals surface area contributed by atoms with Crippen LogP contribution in [0.1, 0.15) is 30.0 Å². The van der Waals surface area contributed by atoms with Crippen LogP contribution in [-0.2, 0) is 18.2 Å². The summed E-state index contributed by atoms with van der Waals surface area (Å²) < 4.78 is 6.97. The van der Waals surface area contributed by atoms with Crippen LogP contribution in [0.4, 0.5) is 5.69 Å². The molecule has 8 nitrogen and oxygen atoms in total. The zero-order valence-electron chi connectivity index (χ0n) is 14.8. The number of aromatic amines is 1. The summed E-state index contributed by atoms with van der Waals surface area (Å²) in [7, 11) is 1.79. The molecular weight excluding hydrogens is 332 g/mol. The van der Waals surface area contributed by atoms with Crippen molar-refractivity contribution in [3.8, 4) is 22.5 Å². The molecule has 2 heterocycles. The number of esters is 1. The second kappa shape index (κ2) is 7.19. The highest BCUT2D eigenvalue weighted by atomic mass is 16.5. The van der Waals surface area contributed by atoms with Crippen molar-refractivity contribution >= 4 is 11.7 Å². The van der Waals surface area contributed by atoms with Crippen LogP contribution >= 0.6 is 0 Å². The molecule has 132 valence electrons. The van der Waals surface area contributed by atoms with E-state index in [1.165, 1.54) is 0 Å². The molecule has 3 aromatic rings. The lowest BCUT2D eigenvalue weighted by molar-refractivity contribution is 0.0516. The predicted octanol–water partition coefficient (Wildman–Crippen LogP) is 3.16. The number of ether oxygens (including phenoxy) is 1. The number of H-pyrrole nitrogens is 1. The number of carbonyl (C=O) groups excluding carboxylic acids is 1. The summed E-state index contributed by atoms with van der Waals surface area (Å²) in [5.41, 5.74) is 3.82. The van der Waals surface area contributed by atoms with Crippen molar-refractivity contribution in [1.82, 2.24) is 25.2 Å². The standard InChI is InChI=1S/C18H18N6O2/c1-5-13-15(19-3)14(16(24(13)4)18(25)26-6-2)11-7-9-12(10-8-11)17-20-22-23-21-17/h7-10H,5-6H2,1-2,4H3,(H,20,21,22,23). The molecule has 0 amide bonds. The predicted molar refractivity (Wildman–Crippen MR) is 95.6 cm³/mol. The molecule has 0 bridgehead atoms. The zero-order chi connectivity index (χ0) is 18.7. The molecule has 0 fully saturated rings. The van der Waals surface area contributed by atoms with Crippen molar-refractivity contribution < 1.29 is 9.53 Å². The van der Waals surface area contributed by atoms with E-state index in [4.69, 9.17) is 11.3 Å². The molecule has 0 saturated carbocycles. The molecule has 0 unspecified atom stereocenters. The lowest BCUT2D eigenvalue weighted by Crippen LogP contribution is -2.12. The Labute approximate surface area is 150 Å². The fourth-order valence-corrected chi connectivity index (χ4v) is 3.02. The Bertz CT molecular complexity index is 965. The number of carbonyl (C=O) groups is 1. The number of nitrogens with one attached hydrogen (secondary N) is 1. The third-order valence-corrected chi connectivity index (χ3v) is 4.18. The summed E-state index contributed by atoms with van der Waals surface area (Å²) in [4.78, 5) is 16.2. The molecule has 2 aromatic heterocycles. The minimum absolute atomic E-state index is 0.273. The lowest BCUT2D eigenvalue weighted by Gasteiger charge is -2.09. The molecule has 1 N–H and O–H groups in total. The Balaban J connectivity index is 2.17. The van der Waals surface area contributed by atoms with Crippen LogP contribution in [0.5, 0.6) is 0 Å². The Hall–Kier alpha value is -3.47. The quantitative estimate of drug-likeness (QED) is 0.564. The highest BCUT2D eigenvalue weighted by Gasteiger charge is 2.26. The van der Waals surface area contributed by atoms with Gasteiger partial charge in [-0.3, -0.25) is 0 Å². The van der Waals surface area contributed by atoms with Gasteiger partial charge < -0.3 is 9.30 Å². The van der Waals surface area contributed by atoms with Crippen LogP contribution in [-0.4, -0.2) is 37.8 Å². The number of tetrazole rings is 1. The van der Waals surface area contributed by atoms with E-state index in [9.17, 15) is 4.79 Å². The summed E-state index contributed by atoms with van der Waals surface area (Å²) in [5.74, 6) is 0.0479. The largest absolute Gasteiger partial charge is 0.461 e. The molecule has 26 heavy (non-hydrogen) atoms. The van der Waals surface area contributed by atoms with Gasteiger partial charge >= 0.3 is 5.97 Å². The molecule has 3 rings (SSSR count). The fraction of sp³-hybridized carbons (Fsp3) is 0.278. The van der Waals surface area contributed by atoms with Crippen molar-refractivity contribution in [3.05, 3.63) is 47.1 Å². The van der Waals surface area contributed by atoms with Crippen molar-refractivity contribution in [1.29, 1.82) is 0 Å². The van der Waals surface area contributed by atoms with E-state index in [0.717, 1.165) is 16.8 Å². The Kier molecular flexibility index (Phi) is 4.80. The van der Waals surface area contributed by atoms with Gasteiger partial charge in [0.1, 0.15) is 5.69 Å². The average Bonchev–Trinajstić information content (AvgIpc) is 3.27. The van der Waals surface area contributed by atoms with Crippen molar-refractivity contribution in [3.63, 3.8) is 0 Å². The minimum Gasteiger partial charge on any atom is -0.461 e. The van der Waals surface area contributed by atoms with Crippen LogP contribution in [0.2, 0.25) is 0 Å². The van der Waals surface area contributed by atoms with E-state index in [0.29, 0.717) is 29.2 Å². The molecule has 0 aliphatic rings. The number of rotatable bonds is 5. The van der Waals surface area contributed by atoms with Crippen molar-refractivity contribution in [2.45, 2.75) is 20.3 Å². The number of aromatic nitrogens is 5. The van der Waals surface area contributed by atoms with Gasteiger partial charge in [0.25, 0.3) is 0 Å². The molecule has 0 spiro atoms. The Morgan fingerprint density at radius 1 is 1.27 bits per heavy atom. The van der Waals surface area contributed by atoms with Crippen LogP contribution < -0.4 is 0 Å². The topological polar surface area (TPSA) is 90.1 Å². The van der Waals surface area contributed by atoms with Gasteiger partial charge in [0, 0.05) is 23.9 Å². The maximum atomic E-state index is 12.5. The Morgan fingerprint density at radius 2 is 1.96 bits per heavy atom. The molecular formula is C18H18N6O2. The van der Waals surface area contributed by atoms with Crippen LogP contribution in [0.3, 0.4) is 0 Å². The molecule has 0 saturated heterocycles. The second-order valence-corrected chi connectivity index (χ2v) is 5.58. The van der Waals surface area contributed by atoms with E-state index in [1.807, 2.05) is 31.2 Å². The maximum Gasteiger partial charge on any atom is 0.354 e. The summed E-state index contributed by atoms with van der Waals surface area (Å²) in [6.45, 7) is 11.6. The van der Waals surface area contributed by atoms with Gasteiger partial charge in [-0.15, -0.1) is 10.2 Å². The molecule has 0 aliphatic carbocycles. The smallest absolute Gasteiger partial charge is 0.354 e. The molecule has 1 aromatic carbocycles. The van der Waals surface area contributed by atoms with Gasteiger partial charge in [-0.1, -0.05) is 31.2 Å². The molecule has 0 atom stereocenters. The van der Waals surface area contributed by atoms with E-state index < -0.39 is 5.97 Å². The fourth-order valence-electron chi connectivity index (χ4n) is 3.02. The van der Waals surface area contributed by atoms with Crippen LogP contribution in [0.15, 0.2) is 24.3 Å². The number of nitrogens with zero attached hydrogens (tertiary/aromatic N) is 5. The number of hydrogen-bond acceptors (Lipinski definition) is 5. The lowest BCUT2D eigenvalue weighted by atomic mass is 10.0. The SMILES string of the molecule is [C-]#[N+]c1c(-c2ccc(-c3nn[nH]n3)cc2)c(C(=O)OCC)n(C)c1CC. The molecule has 0 radical (unpaired) electrons. The number of hydrogen-bond donors (Lipinski definition) is 1. The van der Waals surface area contributed by atoms with Gasteiger partial charge in [0.2, 0.25) is 11.5 Å². The number of benzene rings is 1.